The third-order valence-corrected chi connectivity index (χ3v) is 3.66. The summed E-state index contributed by atoms with van der Waals surface area (Å²) in [7, 11) is 1.70. The Hall–Kier alpha value is -2.96. The predicted molar refractivity (Wildman–Crippen MR) is 75.2 cm³/mol. The molecule has 0 fully saturated rings. The van der Waals surface area contributed by atoms with Crippen molar-refractivity contribution in [3.05, 3.63) is 52.8 Å². The van der Waals surface area contributed by atoms with Crippen LogP contribution in [0.4, 0.5) is 0 Å². The lowest BCUT2D eigenvalue weighted by Gasteiger charge is -2.13. The van der Waals surface area contributed by atoms with E-state index in [1.165, 1.54) is 6.20 Å². The Morgan fingerprint density at radius 1 is 1.18 bits per heavy atom. The molecule has 1 aliphatic heterocycles. The Balaban J connectivity index is 1.73. The van der Waals surface area contributed by atoms with Gasteiger partial charge in [-0.15, -0.1) is 0 Å². The molecule has 0 atom stereocenters. The van der Waals surface area contributed by atoms with Crippen LogP contribution in [-0.2, 0) is 11.8 Å². The molecule has 2 amide bonds. The van der Waals surface area contributed by atoms with Crippen LogP contribution >= 0.6 is 0 Å². The number of aromatic nitrogens is 2. The fourth-order valence-electron chi connectivity index (χ4n) is 2.26. The summed E-state index contributed by atoms with van der Waals surface area (Å²) in [6.45, 7) is 1.31. The van der Waals surface area contributed by atoms with Gasteiger partial charge in [0.2, 0.25) is 0 Å². The van der Waals surface area contributed by atoms with Gasteiger partial charge in [0, 0.05) is 12.7 Å². The van der Waals surface area contributed by atoms with E-state index in [-0.39, 0.29) is 0 Å². The zero-order valence-electron chi connectivity index (χ0n) is 12.1. The molecular weight excluding hydrogens is 286 g/mol. The smallest absolute Gasteiger partial charge is 0.343 e. The Labute approximate surface area is 126 Å². The molecule has 0 saturated heterocycles. The number of imide groups is 1. The van der Waals surface area contributed by atoms with Crippen LogP contribution < -0.4 is 0 Å². The first-order valence-corrected chi connectivity index (χ1v) is 6.61. The number of esters is 1. The second kappa shape index (κ2) is 5.10. The van der Waals surface area contributed by atoms with Gasteiger partial charge in [0.05, 0.1) is 17.3 Å². The number of hydrogen-bond donors (Lipinski definition) is 0. The molecule has 1 aliphatic rings. The monoisotopic (exact) mass is 299 g/mol. The summed E-state index contributed by atoms with van der Waals surface area (Å²) < 4.78 is 6.61. The maximum absolute atomic E-state index is 12.1. The summed E-state index contributed by atoms with van der Waals surface area (Å²) in [5.74, 6) is -1.55. The van der Waals surface area contributed by atoms with Crippen molar-refractivity contribution in [1.29, 1.82) is 0 Å². The average molecular weight is 299 g/mol. The highest BCUT2D eigenvalue weighted by atomic mass is 16.5. The summed E-state index contributed by atoms with van der Waals surface area (Å²) in [6, 6.07) is 6.50. The van der Waals surface area contributed by atoms with Gasteiger partial charge in [-0.1, -0.05) is 12.1 Å². The van der Waals surface area contributed by atoms with Crippen molar-refractivity contribution in [2.45, 2.75) is 6.92 Å². The van der Waals surface area contributed by atoms with E-state index in [1.54, 1.807) is 42.9 Å². The highest BCUT2D eigenvalue weighted by Gasteiger charge is 2.35. The van der Waals surface area contributed by atoms with Gasteiger partial charge < -0.3 is 4.74 Å². The molecule has 7 nitrogen and oxygen atoms in total. The van der Waals surface area contributed by atoms with Gasteiger partial charge in [-0.2, -0.15) is 5.10 Å². The van der Waals surface area contributed by atoms with E-state index in [4.69, 9.17) is 4.74 Å². The van der Waals surface area contributed by atoms with Crippen LogP contribution in [0.3, 0.4) is 0 Å². The van der Waals surface area contributed by atoms with E-state index >= 15 is 0 Å². The van der Waals surface area contributed by atoms with Gasteiger partial charge in [0.15, 0.2) is 6.73 Å². The van der Waals surface area contributed by atoms with E-state index in [1.807, 2.05) is 0 Å². The maximum atomic E-state index is 12.1. The van der Waals surface area contributed by atoms with E-state index in [0.717, 1.165) is 4.90 Å². The number of aryl methyl sites for hydroxylation is 1. The number of ether oxygens (including phenoxy) is 1. The number of carbonyl (C=O) groups is 3. The van der Waals surface area contributed by atoms with Gasteiger partial charge >= 0.3 is 5.97 Å². The van der Waals surface area contributed by atoms with Crippen LogP contribution in [-0.4, -0.2) is 39.2 Å². The van der Waals surface area contributed by atoms with Crippen LogP contribution in [0.2, 0.25) is 0 Å². The van der Waals surface area contributed by atoms with Gasteiger partial charge in [0.1, 0.15) is 5.56 Å². The fraction of sp³-hybridized carbons (Fsp3) is 0.200. The minimum Gasteiger partial charge on any atom is -0.440 e. The van der Waals surface area contributed by atoms with Crippen molar-refractivity contribution < 1.29 is 19.1 Å². The molecule has 3 rings (SSSR count). The second-order valence-electron chi connectivity index (χ2n) is 4.91. The molecule has 7 heteroatoms. The lowest BCUT2D eigenvalue weighted by atomic mass is 10.1. The van der Waals surface area contributed by atoms with Crippen molar-refractivity contribution in [1.82, 2.24) is 14.7 Å². The molecule has 0 aliphatic carbocycles. The largest absolute Gasteiger partial charge is 0.440 e. The molecule has 2 heterocycles. The SMILES string of the molecule is Cc1c(C(=O)OCN2C(=O)c3ccccc3C2=O)cnn1C. The van der Waals surface area contributed by atoms with Crippen molar-refractivity contribution in [3.63, 3.8) is 0 Å². The van der Waals surface area contributed by atoms with Gasteiger partial charge in [0.25, 0.3) is 11.8 Å². The fourth-order valence-corrected chi connectivity index (χ4v) is 2.26. The van der Waals surface area contributed by atoms with Gasteiger partial charge in [-0.3, -0.25) is 14.3 Å². The van der Waals surface area contributed by atoms with Crippen LogP contribution in [0.15, 0.2) is 30.5 Å². The highest BCUT2D eigenvalue weighted by Crippen LogP contribution is 2.22. The Kier molecular flexibility index (Phi) is 3.25. The molecule has 0 spiro atoms. The lowest BCUT2D eigenvalue weighted by Crippen LogP contribution is -2.33. The van der Waals surface area contributed by atoms with Gasteiger partial charge in [-0.25, -0.2) is 9.69 Å². The topological polar surface area (TPSA) is 81.5 Å². The van der Waals surface area contributed by atoms with Gasteiger partial charge in [-0.05, 0) is 19.1 Å². The highest BCUT2D eigenvalue weighted by molar-refractivity contribution is 6.21. The molecule has 1 aromatic carbocycles. The summed E-state index contributed by atoms with van der Waals surface area (Å²) in [5.41, 5.74) is 1.59. The Morgan fingerprint density at radius 2 is 1.77 bits per heavy atom. The third-order valence-electron chi connectivity index (χ3n) is 3.66. The zero-order chi connectivity index (χ0) is 15.9. The summed E-state index contributed by atoms with van der Waals surface area (Å²) in [4.78, 5) is 37.2. The molecule has 1 aromatic heterocycles. The van der Waals surface area contributed by atoms with Crippen LogP contribution in [0.5, 0.6) is 0 Å². The number of nitrogens with zero attached hydrogens (tertiary/aromatic N) is 3. The Morgan fingerprint density at radius 3 is 2.27 bits per heavy atom. The molecule has 0 radical (unpaired) electrons. The number of carbonyl (C=O) groups excluding carboxylic acids is 3. The molecular formula is C15H13N3O4. The van der Waals surface area contributed by atoms with Crippen molar-refractivity contribution in [2.75, 3.05) is 6.73 Å². The molecule has 112 valence electrons. The molecule has 2 aromatic rings. The number of benzene rings is 1. The second-order valence-corrected chi connectivity index (χ2v) is 4.91. The van der Waals surface area contributed by atoms with E-state index in [2.05, 4.69) is 5.10 Å². The van der Waals surface area contributed by atoms with Crippen molar-refractivity contribution in [3.8, 4) is 0 Å². The molecule has 0 bridgehead atoms. The van der Waals surface area contributed by atoms with E-state index in [0.29, 0.717) is 22.4 Å². The number of amides is 2. The van der Waals surface area contributed by atoms with Crippen LogP contribution in [0.25, 0.3) is 0 Å². The van der Waals surface area contributed by atoms with Crippen molar-refractivity contribution >= 4 is 17.8 Å². The molecule has 0 saturated carbocycles. The first-order valence-electron chi connectivity index (χ1n) is 6.61. The van der Waals surface area contributed by atoms with Crippen LogP contribution in [0.1, 0.15) is 36.8 Å². The predicted octanol–water partition coefficient (Wildman–Crippen LogP) is 1.14. The van der Waals surface area contributed by atoms with Crippen molar-refractivity contribution in [2.24, 2.45) is 7.05 Å². The summed E-state index contributed by atoms with van der Waals surface area (Å²) in [5, 5.41) is 3.95. The number of hydrogen-bond acceptors (Lipinski definition) is 5. The van der Waals surface area contributed by atoms with E-state index in [9.17, 15) is 14.4 Å². The Bertz CT molecular complexity index is 759. The maximum Gasteiger partial charge on any atom is 0.343 e. The molecule has 0 unspecified atom stereocenters. The first kappa shape index (κ1) is 14.0. The third kappa shape index (κ3) is 2.07. The molecule has 0 N–H and O–H groups in total. The normalized spacial score (nSPS) is 13.5. The number of fused-ring (bicyclic) bond motifs is 1. The zero-order valence-corrected chi connectivity index (χ0v) is 12.1. The van der Waals surface area contributed by atoms with Crippen LogP contribution in [0, 0.1) is 6.92 Å². The first-order chi connectivity index (χ1) is 10.5. The minimum absolute atomic E-state index is 0.305. The number of rotatable bonds is 3. The van der Waals surface area contributed by atoms with E-state index < -0.39 is 24.5 Å². The minimum atomic E-state index is -0.623. The molecule has 22 heavy (non-hydrogen) atoms. The average Bonchev–Trinajstić information content (AvgIpc) is 2.97. The lowest BCUT2D eigenvalue weighted by molar-refractivity contribution is 0.0227. The standard InChI is InChI=1S/C15H13N3O4/c1-9-12(7-16-17(9)2)15(21)22-8-18-13(19)10-5-3-4-6-11(10)14(18)20/h3-7H,8H2,1-2H3. The summed E-state index contributed by atoms with van der Waals surface area (Å²) in [6.07, 6.45) is 1.39. The summed E-state index contributed by atoms with van der Waals surface area (Å²) >= 11 is 0. The quantitative estimate of drug-likeness (QED) is 0.627.